The lowest BCUT2D eigenvalue weighted by Gasteiger charge is -2.31. The quantitative estimate of drug-likeness (QED) is 0.620. The predicted octanol–water partition coefficient (Wildman–Crippen LogP) is 2.49. The zero-order chi connectivity index (χ0) is 20.3. The van der Waals surface area contributed by atoms with Crippen LogP contribution in [0.2, 0.25) is 0 Å². The number of sulfonamides is 1. The zero-order valence-electron chi connectivity index (χ0n) is 15.7. The summed E-state index contributed by atoms with van der Waals surface area (Å²) >= 11 is 2.18. The fourth-order valence-corrected chi connectivity index (χ4v) is 4.74. The van der Waals surface area contributed by atoms with Crippen LogP contribution >= 0.6 is 22.6 Å². The number of carbonyl (C=O) groups is 1. The molecule has 0 aromatic heterocycles. The van der Waals surface area contributed by atoms with Crippen LogP contribution in [-0.4, -0.2) is 63.9 Å². The second-order valence-electron chi connectivity index (χ2n) is 6.53. The molecule has 0 atom stereocenters. The number of piperazine rings is 1. The number of methoxy groups -OCH3 is 1. The molecular weight excluding hydrogens is 493 g/mol. The average Bonchev–Trinajstić information content (AvgIpc) is 2.69. The van der Waals surface area contributed by atoms with Crippen molar-refractivity contribution in [1.82, 2.24) is 9.21 Å². The average molecular weight is 515 g/mol. The first kappa shape index (κ1) is 21.0. The van der Waals surface area contributed by atoms with Gasteiger partial charge in [0.05, 0.1) is 17.6 Å². The van der Waals surface area contributed by atoms with E-state index in [4.69, 9.17) is 4.74 Å². The summed E-state index contributed by atoms with van der Waals surface area (Å²) in [5, 5.41) is 2.79. The molecule has 1 fully saturated rings. The van der Waals surface area contributed by atoms with Crippen molar-refractivity contribution in [3.05, 3.63) is 51.6 Å². The third-order valence-electron chi connectivity index (χ3n) is 4.62. The molecule has 1 amide bonds. The summed E-state index contributed by atoms with van der Waals surface area (Å²) in [6.07, 6.45) is 0. The minimum atomic E-state index is -3.67. The number of rotatable bonds is 5. The number of likely N-dealkylation sites (N-methyl/N-ethyl adjacent to an activating group) is 1. The standard InChI is InChI=1S/C19H22IN3O4S/c1-22-9-11-23(12-10-22)28(25,26)16-7-8-18(27-2)17(13-16)19(24)21-15-5-3-14(20)4-6-15/h3-8,13H,9-12H2,1-2H3,(H,21,24). The Kier molecular flexibility index (Phi) is 6.58. The molecule has 150 valence electrons. The highest BCUT2D eigenvalue weighted by Gasteiger charge is 2.29. The third-order valence-corrected chi connectivity index (χ3v) is 7.23. The molecule has 0 aliphatic carbocycles. The van der Waals surface area contributed by atoms with Crippen molar-refractivity contribution < 1.29 is 17.9 Å². The number of nitrogens with one attached hydrogen (secondary N) is 1. The first-order valence-electron chi connectivity index (χ1n) is 8.75. The zero-order valence-corrected chi connectivity index (χ0v) is 18.7. The Labute approximate surface area is 178 Å². The largest absolute Gasteiger partial charge is 0.496 e. The Bertz CT molecular complexity index is 956. The summed E-state index contributed by atoms with van der Waals surface area (Å²) in [7, 11) is -0.262. The van der Waals surface area contributed by atoms with Crippen LogP contribution in [0, 0.1) is 3.57 Å². The minimum absolute atomic E-state index is 0.0885. The first-order valence-corrected chi connectivity index (χ1v) is 11.3. The van der Waals surface area contributed by atoms with E-state index in [0.717, 1.165) is 3.57 Å². The number of carbonyl (C=O) groups excluding carboxylic acids is 1. The van der Waals surface area contributed by atoms with E-state index in [-0.39, 0.29) is 10.5 Å². The Balaban J connectivity index is 1.89. The molecule has 2 aromatic carbocycles. The molecular formula is C19H22IN3O4S. The van der Waals surface area contributed by atoms with Gasteiger partial charge in [0.25, 0.3) is 5.91 Å². The van der Waals surface area contributed by atoms with Crippen LogP contribution in [0.1, 0.15) is 10.4 Å². The van der Waals surface area contributed by atoms with E-state index < -0.39 is 15.9 Å². The maximum absolute atomic E-state index is 13.0. The maximum atomic E-state index is 13.0. The Morgan fingerprint density at radius 3 is 2.32 bits per heavy atom. The molecule has 0 saturated carbocycles. The van der Waals surface area contributed by atoms with E-state index >= 15 is 0 Å². The molecule has 0 spiro atoms. The predicted molar refractivity (Wildman–Crippen MR) is 116 cm³/mol. The lowest BCUT2D eigenvalue weighted by molar-refractivity contribution is 0.102. The van der Waals surface area contributed by atoms with Crippen LogP contribution in [0.15, 0.2) is 47.4 Å². The smallest absolute Gasteiger partial charge is 0.259 e. The van der Waals surface area contributed by atoms with Crippen LogP contribution in [0.4, 0.5) is 5.69 Å². The molecule has 1 aliphatic rings. The van der Waals surface area contributed by atoms with Gasteiger partial charge in [-0.15, -0.1) is 0 Å². The van der Waals surface area contributed by atoms with Gasteiger partial charge in [-0.25, -0.2) is 8.42 Å². The van der Waals surface area contributed by atoms with E-state index in [1.165, 1.54) is 29.6 Å². The number of hydrogen-bond donors (Lipinski definition) is 1. The molecule has 0 bridgehead atoms. The lowest BCUT2D eigenvalue weighted by atomic mass is 10.2. The van der Waals surface area contributed by atoms with Gasteiger partial charge >= 0.3 is 0 Å². The number of anilines is 1. The van der Waals surface area contributed by atoms with Crippen molar-refractivity contribution in [2.75, 3.05) is 45.7 Å². The third kappa shape index (κ3) is 4.65. The topological polar surface area (TPSA) is 79.0 Å². The summed E-state index contributed by atoms with van der Waals surface area (Å²) < 4.78 is 33.8. The molecule has 2 aromatic rings. The van der Waals surface area contributed by atoms with Gasteiger partial charge in [0, 0.05) is 35.4 Å². The van der Waals surface area contributed by atoms with Crippen molar-refractivity contribution in [3.63, 3.8) is 0 Å². The Morgan fingerprint density at radius 2 is 1.71 bits per heavy atom. The molecule has 1 N–H and O–H groups in total. The van der Waals surface area contributed by atoms with E-state index in [1.54, 1.807) is 12.1 Å². The number of ether oxygens (including phenoxy) is 1. The van der Waals surface area contributed by atoms with Crippen molar-refractivity contribution in [2.24, 2.45) is 0 Å². The molecule has 7 nitrogen and oxygen atoms in total. The van der Waals surface area contributed by atoms with Crippen molar-refractivity contribution >= 4 is 44.2 Å². The fourth-order valence-electron chi connectivity index (χ4n) is 2.93. The van der Waals surface area contributed by atoms with Gasteiger partial charge in [0.15, 0.2) is 0 Å². The molecule has 0 unspecified atom stereocenters. The van der Waals surface area contributed by atoms with E-state index in [9.17, 15) is 13.2 Å². The number of amides is 1. The van der Waals surface area contributed by atoms with Gasteiger partial charge in [0.1, 0.15) is 5.75 Å². The van der Waals surface area contributed by atoms with Gasteiger partial charge in [-0.3, -0.25) is 4.79 Å². The molecule has 3 rings (SSSR count). The van der Waals surface area contributed by atoms with Gasteiger partial charge in [-0.05, 0) is 72.1 Å². The molecule has 0 radical (unpaired) electrons. The van der Waals surface area contributed by atoms with Gasteiger partial charge in [-0.2, -0.15) is 4.31 Å². The van der Waals surface area contributed by atoms with Crippen molar-refractivity contribution in [1.29, 1.82) is 0 Å². The van der Waals surface area contributed by atoms with E-state index in [0.29, 0.717) is 37.6 Å². The van der Waals surface area contributed by atoms with Crippen LogP contribution in [0.3, 0.4) is 0 Å². The lowest BCUT2D eigenvalue weighted by Crippen LogP contribution is -2.47. The summed E-state index contributed by atoms with van der Waals surface area (Å²) in [5.74, 6) is -0.103. The minimum Gasteiger partial charge on any atom is -0.496 e. The van der Waals surface area contributed by atoms with Crippen LogP contribution in [-0.2, 0) is 10.0 Å². The Hall–Kier alpha value is -1.69. The maximum Gasteiger partial charge on any atom is 0.259 e. The molecule has 1 heterocycles. The highest BCUT2D eigenvalue weighted by Crippen LogP contribution is 2.26. The number of benzene rings is 2. The van der Waals surface area contributed by atoms with E-state index in [2.05, 4.69) is 32.8 Å². The Morgan fingerprint density at radius 1 is 1.07 bits per heavy atom. The monoisotopic (exact) mass is 515 g/mol. The number of halogens is 1. The van der Waals surface area contributed by atoms with Gasteiger partial charge in [-0.1, -0.05) is 0 Å². The van der Waals surface area contributed by atoms with Crippen LogP contribution in [0.5, 0.6) is 5.75 Å². The van der Waals surface area contributed by atoms with Gasteiger partial charge < -0.3 is 15.0 Å². The van der Waals surface area contributed by atoms with Crippen molar-refractivity contribution in [2.45, 2.75) is 4.90 Å². The summed E-state index contributed by atoms with van der Waals surface area (Å²) in [4.78, 5) is 14.9. The second-order valence-corrected chi connectivity index (χ2v) is 9.71. The van der Waals surface area contributed by atoms with E-state index in [1.807, 2.05) is 19.2 Å². The number of nitrogens with zero attached hydrogens (tertiary/aromatic N) is 2. The summed E-state index contributed by atoms with van der Waals surface area (Å²) in [5.41, 5.74) is 0.802. The summed E-state index contributed by atoms with van der Waals surface area (Å²) in [6.45, 7) is 2.20. The first-order chi connectivity index (χ1) is 13.3. The van der Waals surface area contributed by atoms with Crippen LogP contribution in [0.25, 0.3) is 0 Å². The second kappa shape index (κ2) is 8.76. The van der Waals surface area contributed by atoms with Crippen molar-refractivity contribution in [3.8, 4) is 5.75 Å². The van der Waals surface area contributed by atoms with Gasteiger partial charge in [0.2, 0.25) is 10.0 Å². The highest BCUT2D eigenvalue weighted by atomic mass is 127. The number of hydrogen-bond acceptors (Lipinski definition) is 5. The molecule has 1 aliphatic heterocycles. The molecule has 28 heavy (non-hydrogen) atoms. The fraction of sp³-hybridized carbons (Fsp3) is 0.316. The molecule has 1 saturated heterocycles. The SMILES string of the molecule is COc1ccc(S(=O)(=O)N2CCN(C)CC2)cc1C(=O)Nc1ccc(I)cc1. The highest BCUT2D eigenvalue weighted by molar-refractivity contribution is 14.1. The van der Waals surface area contributed by atoms with Crippen LogP contribution < -0.4 is 10.1 Å². The summed E-state index contributed by atoms with van der Waals surface area (Å²) in [6, 6.07) is 11.7. The molecule has 9 heteroatoms. The normalized spacial score (nSPS) is 16.0.